The van der Waals surface area contributed by atoms with Gasteiger partial charge in [-0.05, 0) is 62.3 Å². The van der Waals surface area contributed by atoms with Gasteiger partial charge in [-0.3, -0.25) is 4.99 Å². The Kier molecular flexibility index (Phi) is 10.6. The van der Waals surface area contributed by atoms with E-state index < -0.39 is 0 Å². The van der Waals surface area contributed by atoms with E-state index in [1.165, 1.54) is 25.9 Å². The van der Waals surface area contributed by atoms with Crippen LogP contribution in [0.2, 0.25) is 0 Å². The molecule has 154 valence electrons. The van der Waals surface area contributed by atoms with E-state index in [9.17, 15) is 4.39 Å². The van der Waals surface area contributed by atoms with Crippen molar-refractivity contribution in [3.8, 4) is 0 Å². The number of nitrogens with zero attached hydrogens (tertiary/aromatic N) is 2. The van der Waals surface area contributed by atoms with Crippen molar-refractivity contribution < 1.29 is 4.39 Å². The first kappa shape index (κ1) is 24.1. The minimum atomic E-state index is -0.161. The summed E-state index contributed by atoms with van der Waals surface area (Å²) < 4.78 is 13.8. The molecule has 2 N–H and O–H groups in total. The van der Waals surface area contributed by atoms with Gasteiger partial charge in [0.1, 0.15) is 5.82 Å². The second-order valence-electron chi connectivity index (χ2n) is 7.99. The first-order chi connectivity index (χ1) is 12.4. The molecule has 0 saturated carbocycles. The molecule has 1 fully saturated rings. The van der Waals surface area contributed by atoms with Gasteiger partial charge >= 0.3 is 0 Å². The summed E-state index contributed by atoms with van der Waals surface area (Å²) in [5.74, 6) is 1.98. The van der Waals surface area contributed by atoms with Crippen LogP contribution >= 0.6 is 24.0 Å². The van der Waals surface area contributed by atoms with Crippen molar-refractivity contribution in [2.24, 2.45) is 16.8 Å². The summed E-state index contributed by atoms with van der Waals surface area (Å²) in [6, 6.07) is 5.39. The standard InChI is InChI=1S/C21H35FN4.HI/c1-15(2)13-26-10-6-7-18(14-26)12-24-21(23-5)25-17(4)19-9-8-16(3)20(22)11-19;/h8-9,11,15,17-18H,6-7,10,12-14H2,1-5H3,(H2,23,24,25);1H. The van der Waals surface area contributed by atoms with E-state index in [1.54, 1.807) is 20.0 Å². The molecular formula is C21H36FIN4. The van der Waals surface area contributed by atoms with Gasteiger partial charge in [-0.15, -0.1) is 24.0 Å². The van der Waals surface area contributed by atoms with Crippen LogP contribution in [-0.2, 0) is 0 Å². The number of halogens is 2. The Morgan fingerprint density at radius 2 is 2.07 bits per heavy atom. The maximum Gasteiger partial charge on any atom is 0.191 e. The third kappa shape index (κ3) is 7.94. The minimum Gasteiger partial charge on any atom is -0.356 e. The van der Waals surface area contributed by atoms with Gasteiger partial charge in [0.2, 0.25) is 0 Å². The predicted molar refractivity (Wildman–Crippen MR) is 123 cm³/mol. The van der Waals surface area contributed by atoms with Crippen molar-refractivity contribution in [2.45, 2.75) is 46.6 Å². The van der Waals surface area contributed by atoms with Gasteiger partial charge in [-0.25, -0.2) is 4.39 Å². The first-order valence-electron chi connectivity index (χ1n) is 9.84. The van der Waals surface area contributed by atoms with Crippen LogP contribution in [-0.4, -0.2) is 44.1 Å². The number of rotatable bonds is 6. The molecule has 0 amide bonds. The van der Waals surface area contributed by atoms with Crippen molar-refractivity contribution >= 4 is 29.9 Å². The lowest BCUT2D eigenvalue weighted by Gasteiger charge is -2.34. The van der Waals surface area contributed by atoms with Crippen LogP contribution < -0.4 is 10.6 Å². The lowest BCUT2D eigenvalue weighted by molar-refractivity contribution is 0.159. The Morgan fingerprint density at radius 1 is 1.33 bits per heavy atom. The fourth-order valence-corrected chi connectivity index (χ4v) is 3.60. The number of guanidine groups is 1. The monoisotopic (exact) mass is 490 g/mol. The summed E-state index contributed by atoms with van der Waals surface area (Å²) in [4.78, 5) is 6.91. The highest BCUT2D eigenvalue weighted by Crippen LogP contribution is 2.18. The Balaban J connectivity index is 0.00000364. The third-order valence-electron chi connectivity index (χ3n) is 5.06. The smallest absolute Gasteiger partial charge is 0.191 e. The van der Waals surface area contributed by atoms with Crippen LogP contribution in [0.4, 0.5) is 4.39 Å². The van der Waals surface area contributed by atoms with E-state index in [0.29, 0.717) is 17.4 Å². The summed E-state index contributed by atoms with van der Waals surface area (Å²) in [6.45, 7) is 12.8. The van der Waals surface area contributed by atoms with Crippen LogP contribution in [0.5, 0.6) is 0 Å². The number of benzene rings is 1. The maximum atomic E-state index is 13.8. The van der Waals surface area contributed by atoms with E-state index in [-0.39, 0.29) is 35.8 Å². The van der Waals surface area contributed by atoms with Crippen molar-refractivity contribution in [3.63, 3.8) is 0 Å². The van der Waals surface area contributed by atoms with Crippen molar-refractivity contribution in [1.29, 1.82) is 0 Å². The van der Waals surface area contributed by atoms with E-state index in [0.717, 1.165) is 24.6 Å². The van der Waals surface area contributed by atoms with Gasteiger partial charge in [0.25, 0.3) is 0 Å². The lowest BCUT2D eigenvalue weighted by atomic mass is 9.97. The van der Waals surface area contributed by atoms with E-state index in [2.05, 4.69) is 34.4 Å². The molecule has 1 aliphatic rings. The molecule has 0 bridgehead atoms. The largest absolute Gasteiger partial charge is 0.356 e. The molecular weight excluding hydrogens is 454 g/mol. The molecule has 1 aromatic rings. The van der Waals surface area contributed by atoms with Crippen molar-refractivity contribution in [2.75, 3.05) is 33.2 Å². The van der Waals surface area contributed by atoms with Gasteiger partial charge in [-0.1, -0.05) is 26.0 Å². The number of piperidine rings is 1. The zero-order chi connectivity index (χ0) is 19.1. The lowest BCUT2D eigenvalue weighted by Crippen LogP contribution is -2.45. The van der Waals surface area contributed by atoms with Gasteiger partial charge in [0.05, 0.1) is 6.04 Å². The third-order valence-corrected chi connectivity index (χ3v) is 5.06. The molecule has 1 aliphatic heterocycles. The Hall–Kier alpha value is -0.890. The van der Waals surface area contributed by atoms with E-state index >= 15 is 0 Å². The minimum absolute atomic E-state index is 0. The van der Waals surface area contributed by atoms with E-state index in [4.69, 9.17) is 0 Å². The summed E-state index contributed by atoms with van der Waals surface area (Å²) in [7, 11) is 1.78. The molecule has 1 aromatic carbocycles. The molecule has 27 heavy (non-hydrogen) atoms. The molecule has 4 nitrogen and oxygen atoms in total. The summed E-state index contributed by atoms with van der Waals surface area (Å²) in [5.41, 5.74) is 1.60. The molecule has 2 atom stereocenters. The maximum absolute atomic E-state index is 13.8. The summed E-state index contributed by atoms with van der Waals surface area (Å²) >= 11 is 0. The SMILES string of the molecule is CN=C(NCC1CCCN(CC(C)C)C1)NC(C)c1ccc(C)c(F)c1.I. The van der Waals surface area contributed by atoms with E-state index in [1.807, 2.05) is 19.1 Å². The highest BCUT2D eigenvalue weighted by molar-refractivity contribution is 14.0. The first-order valence-corrected chi connectivity index (χ1v) is 9.84. The number of hydrogen-bond acceptors (Lipinski definition) is 2. The number of hydrogen-bond donors (Lipinski definition) is 2. The molecule has 2 unspecified atom stereocenters. The quantitative estimate of drug-likeness (QED) is 0.354. The van der Waals surface area contributed by atoms with Crippen molar-refractivity contribution in [1.82, 2.24) is 15.5 Å². The Labute approximate surface area is 181 Å². The van der Waals surface area contributed by atoms with Crippen LogP contribution in [0.3, 0.4) is 0 Å². The number of aryl methyl sites for hydroxylation is 1. The molecule has 0 aliphatic carbocycles. The molecule has 0 radical (unpaired) electrons. The van der Waals surface area contributed by atoms with Gasteiger partial charge in [0, 0.05) is 26.7 Å². The summed E-state index contributed by atoms with van der Waals surface area (Å²) in [6.07, 6.45) is 2.53. The van der Waals surface area contributed by atoms with Crippen LogP contribution in [0, 0.1) is 24.6 Å². The molecule has 1 heterocycles. The van der Waals surface area contributed by atoms with Crippen LogP contribution in [0.1, 0.15) is 50.8 Å². The Morgan fingerprint density at radius 3 is 2.70 bits per heavy atom. The van der Waals surface area contributed by atoms with Gasteiger partial charge < -0.3 is 15.5 Å². The van der Waals surface area contributed by atoms with Gasteiger partial charge in [0.15, 0.2) is 5.96 Å². The fraction of sp³-hybridized carbons (Fsp3) is 0.667. The number of nitrogens with one attached hydrogen (secondary N) is 2. The second kappa shape index (κ2) is 11.8. The predicted octanol–water partition coefficient (Wildman–Crippen LogP) is 4.35. The van der Waals surface area contributed by atoms with Crippen LogP contribution in [0.15, 0.2) is 23.2 Å². The Bertz CT molecular complexity index is 606. The highest BCUT2D eigenvalue weighted by Gasteiger charge is 2.20. The molecule has 1 saturated heterocycles. The van der Waals surface area contributed by atoms with Crippen molar-refractivity contribution in [3.05, 3.63) is 35.1 Å². The number of aliphatic imine (C=N–C) groups is 1. The molecule has 0 aromatic heterocycles. The van der Waals surface area contributed by atoms with Crippen LogP contribution in [0.25, 0.3) is 0 Å². The number of likely N-dealkylation sites (tertiary alicyclic amines) is 1. The molecule has 0 spiro atoms. The van der Waals surface area contributed by atoms with Gasteiger partial charge in [-0.2, -0.15) is 0 Å². The highest BCUT2D eigenvalue weighted by atomic mass is 127. The normalized spacial score (nSPS) is 19.5. The molecule has 6 heteroatoms. The fourth-order valence-electron chi connectivity index (χ4n) is 3.60. The zero-order valence-corrected chi connectivity index (χ0v) is 19.7. The second-order valence-corrected chi connectivity index (χ2v) is 7.99. The zero-order valence-electron chi connectivity index (χ0n) is 17.4. The average molecular weight is 490 g/mol. The topological polar surface area (TPSA) is 39.7 Å². The average Bonchev–Trinajstić information content (AvgIpc) is 2.60. The molecule has 2 rings (SSSR count). The summed E-state index contributed by atoms with van der Waals surface area (Å²) in [5, 5.41) is 6.83.